The van der Waals surface area contributed by atoms with Gasteiger partial charge in [0.15, 0.2) is 0 Å². The Balaban J connectivity index is 3.34. The number of ether oxygens (including phenoxy) is 2. The lowest BCUT2D eigenvalue weighted by atomic mass is 10.1. The van der Waals surface area contributed by atoms with Gasteiger partial charge >= 0.3 is 12.3 Å². The number of hydrogen-bond donors (Lipinski definition) is 0. The first-order valence-corrected chi connectivity index (χ1v) is 6.03. The zero-order valence-corrected chi connectivity index (χ0v) is 11.7. The molecule has 0 amide bonds. The Morgan fingerprint density at radius 1 is 1.47 bits per heavy atom. The number of carbonyl (C=O) groups is 1. The Kier molecular flexibility index (Phi) is 4.99. The molecule has 1 aromatic carbocycles. The van der Waals surface area contributed by atoms with Gasteiger partial charge in [0, 0.05) is 3.57 Å². The summed E-state index contributed by atoms with van der Waals surface area (Å²) in [5.74, 6) is -1.68. The van der Waals surface area contributed by atoms with Crippen LogP contribution < -0.4 is 4.74 Å². The van der Waals surface area contributed by atoms with Crippen molar-refractivity contribution in [2.75, 3.05) is 6.61 Å². The van der Waals surface area contributed by atoms with Crippen LogP contribution in [0.1, 0.15) is 22.8 Å². The minimum atomic E-state index is -4.96. The van der Waals surface area contributed by atoms with Gasteiger partial charge in [-0.3, -0.25) is 0 Å². The van der Waals surface area contributed by atoms with Crippen molar-refractivity contribution in [3.63, 3.8) is 0 Å². The molecule has 0 bridgehead atoms. The van der Waals surface area contributed by atoms with Crippen LogP contribution in [0.4, 0.5) is 13.2 Å². The van der Waals surface area contributed by atoms with E-state index in [4.69, 9.17) is 5.26 Å². The summed E-state index contributed by atoms with van der Waals surface area (Å²) in [5, 5.41) is 8.71. The monoisotopic (exact) mass is 385 g/mol. The van der Waals surface area contributed by atoms with Gasteiger partial charge < -0.3 is 9.47 Å². The molecule has 102 valence electrons. The predicted octanol–water partition coefficient (Wildman–Crippen LogP) is 3.24. The van der Waals surface area contributed by atoms with Crippen LogP contribution >= 0.6 is 22.6 Å². The van der Waals surface area contributed by atoms with Gasteiger partial charge in [-0.1, -0.05) is 0 Å². The Morgan fingerprint density at radius 3 is 2.58 bits per heavy atom. The van der Waals surface area contributed by atoms with Crippen LogP contribution in [0.15, 0.2) is 12.1 Å². The second-order valence-electron chi connectivity index (χ2n) is 3.21. The van der Waals surface area contributed by atoms with Crippen molar-refractivity contribution in [3.8, 4) is 11.8 Å². The zero-order valence-electron chi connectivity index (χ0n) is 9.55. The molecule has 0 saturated heterocycles. The van der Waals surface area contributed by atoms with E-state index in [0.29, 0.717) is 0 Å². The van der Waals surface area contributed by atoms with Crippen LogP contribution in [0, 0.1) is 14.9 Å². The van der Waals surface area contributed by atoms with Crippen LogP contribution in [0.2, 0.25) is 0 Å². The quantitative estimate of drug-likeness (QED) is 0.592. The van der Waals surface area contributed by atoms with E-state index in [9.17, 15) is 18.0 Å². The SMILES string of the molecule is CCOC(=O)c1c(I)cc(C#N)cc1OC(F)(F)F. The lowest BCUT2D eigenvalue weighted by molar-refractivity contribution is -0.274. The normalized spacial score (nSPS) is 10.7. The lowest BCUT2D eigenvalue weighted by Crippen LogP contribution is -2.20. The molecular formula is C11H7F3INO3. The van der Waals surface area contributed by atoms with Crippen molar-refractivity contribution in [3.05, 3.63) is 26.8 Å². The first-order valence-electron chi connectivity index (χ1n) is 4.95. The van der Waals surface area contributed by atoms with Gasteiger partial charge in [-0.25, -0.2) is 4.79 Å². The van der Waals surface area contributed by atoms with Gasteiger partial charge in [-0.2, -0.15) is 5.26 Å². The molecule has 0 aliphatic heterocycles. The van der Waals surface area contributed by atoms with Crippen molar-refractivity contribution in [2.24, 2.45) is 0 Å². The van der Waals surface area contributed by atoms with E-state index in [1.54, 1.807) is 28.7 Å². The molecule has 0 aliphatic carbocycles. The summed E-state index contributed by atoms with van der Waals surface area (Å²) in [6.07, 6.45) is -4.96. The number of esters is 1. The molecule has 0 spiro atoms. The molecule has 0 unspecified atom stereocenters. The molecule has 8 heteroatoms. The molecule has 4 nitrogen and oxygen atoms in total. The molecule has 0 aliphatic rings. The molecule has 0 N–H and O–H groups in total. The Labute approximate surface area is 120 Å². The second kappa shape index (κ2) is 6.10. The number of alkyl halides is 3. The molecule has 19 heavy (non-hydrogen) atoms. The largest absolute Gasteiger partial charge is 0.573 e. The van der Waals surface area contributed by atoms with E-state index in [1.807, 2.05) is 0 Å². The minimum absolute atomic E-state index is 0.0143. The molecule has 0 radical (unpaired) electrons. The van der Waals surface area contributed by atoms with Crippen molar-refractivity contribution >= 4 is 28.6 Å². The summed E-state index contributed by atoms with van der Waals surface area (Å²) in [6.45, 7) is 1.54. The van der Waals surface area contributed by atoms with Gasteiger partial charge in [0.1, 0.15) is 11.3 Å². The minimum Gasteiger partial charge on any atom is -0.462 e. The average molecular weight is 385 g/mol. The molecular weight excluding hydrogens is 378 g/mol. The van der Waals surface area contributed by atoms with Crippen LogP contribution in [0.5, 0.6) is 5.75 Å². The van der Waals surface area contributed by atoms with Crippen molar-refractivity contribution in [1.29, 1.82) is 5.26 Å². The number of nitriles is 1. The van der Waals surface area contributed by atoms with E-state index < -0.39 is 18.1 Å². The standard InChI is InChI=1S/C11H7F3INO3/c1-2-18-10(17)9-7(15)3-6(5-16)4-8(9)19-11(12,13)14/h3-4H,2H2,1H3. The first-order chi connectivity index (χ1) is 8.78. The first kappa shape index (κ1) is 15.6. The summed E-state index contributed by atoms with van der Waals surface area (Å²) in [4.78, 5) is 11.6. The van der Waals surface area contributed by atoms with Crippen LogP contribution in [0.3, 0.4) is 0 Å². The molecule has 0 heterocycles. The second-order valence-corrected chi connectivity index (χ2v) is 4.37. The number of nitrogens with zero attached hydrogens (tertiary/aromatic N) is 1. The predicted molar refractivity (Wildman–Crippen MR) is 66.5 cm³/mol. The van der Waals surface area contributed by atoms with Crippen LogP contribution in [0.25, 0.3) is 0 Å². The summed E-state index contributed by atoms with van der Waals surface area (Å²) in [7, 11) is 0. The highest BCUT2D eigenvalue weighted by atomic mass is 127. The fraction of sp³-hybridized carbons (Fsp3) is 0.273. The lowest BCUT2D eigenvalue weighted by Gasteiger charge is -2.14. The third kappa shape index (κ3) is 4.27. The fourth-order valence-corrected chi connectivity index (χ4v) is 2.07. The maximum absolute atomic E-state index is 12.3. The fourth-order valence-electron chi connectivity index (χ4n) is 1.25. The third-order valence-corrected chi connectivity index (χ3v) is 2.74. The number of benzene rings is 1. The third-order valence-electron chi connectivity index (χ3n) is 1.89. The van der Waals surface area contributed by atoms with Gasteiger partial charge in [0.2, 0.25) is 0 Å². The van der Waals surface area contributed by atoms with Gasteiger partial charge in [-0.05, 0) is 41.6 Å². The number of rotatable bonds is 3. The smallest absolute Gasteiger partial charge is 0.462 e. The highest BCUT2D eigenvalue weighted by Gasteiger charge is 2.34. The Bertz CT molecular complexity index is 537. The van der Waals surface area contributed by atoms with Crippen LogP contribution in [-0.2, 0) is 4.74 Å². The maximum atomic E-state index is 12.3. The highest BCUT2D eigenvalue weighted by molar-refractivity contribution is 14.1. The summed E-state index contributed by atoms with van der Waals surface area (Å²) < 4.78 is 45.4. The van der Waals surface area contributed by atoms with Crippen molar-refractivity contribution < 1.29 is 27.4 Å². The summed E-state index contributed by atoms with van der Waals surface area (Å²) in [6, 6.07) is 3.81. The summed E-state index contributed by atoms with van der Waals surface area (Å²) >= 11 is 1.64. The van der Waals surface area contributed by atoms with Gasteiger partial charge in [0.25, 0.3) is 0 Å². The Hall–Kier alpha value is -1.50. The van der Waals surface area contributed by atoms with E-state index in [-0.39, 0.29) is 21.3 Å². The zero-order chi connectivity index (χ0) is 14.6. The van der Waals surface area contributed by atoms with Gasteiger partial charge in [-0.15, -0.1) is 13.2 Å². The Morgan fingerprint density at radius 2 is 2.11 bits per heavy atom. The number of hydrogen-bond acceptors (Lipinski definition) is 4. The van der Waals surface area contributed by atoms with Crippen molar-refractivity contribution in [1.82, 2.24) is 0 Å². The number of carbonyl (C=O) groups excluding carboxylic acids is 1. The summed E-state index contributed by atoms with van der Waals surface area (Å²) in [5.41, 5.74) is -0.393. The van der Waals surface area contributed by atoms with Gasteiger partial charge in [0.05, 0.1) is 18.2 Å². The average Bonchev–Trinajstić information content (AvgIpc) is 2.26. The topological polar surface area (TPSA) is 59.3 Å². The number of halogens is 4. The van der Waals surface area contributed by atoms with E-state index in [2.05, 4.69) is 9.47 Å². The molecule has 0 fully saturated rings. The maximum Gasteiger partial charge on any atom is 0.573 e. The van der Waals surface area contributed by atoms with Crippen molar-refractivity contribution in [2.45, 2.75) is 13.3 Å². The van der Waals surface area contributed by atoms with E-state index >= 15 is 0 Å². The molecule has 1 rings (SSSR count). The highest BCUT2D eigenvalue weighted by Crippen LogP contribution is 2.31. The molecule has 0 atom stereocenters. The molecule has 0 aromatic heterocycles. The molecule has 1 aromatic rings. The molecule has 0 saturated carbocycles. The van der Waals surface area contributed by atoms with Crippen LogP contribution in [-0.4, -0.2) is 18.9 Å². The van der Waals surface area contributed by atoms with E-state index in [1.165, 1.54) is 13.0 Å². The van der Waals surface area contributed by atoms with E-state index in [0.717, 1.165) is 6.07 Å².